The Morgan fingerprint density at radius 2 is 1.86 bits per heavy atom. The molecule has 190 valence electrons. The van der Waals surface area contributed by atoms with E-state index in [-0.39, 0.29) is 24.5 Å². The van der Waals surface area contributed by atoms with E-state index in [0.29, 0.717) is 29.0 Å². The summed E-state index contributed by atoms with van der Waals surface area (Å²) < 4.78 is 46.6. The van der Waals surface area contributed by atoms with Crippen molar-refractivity contribution in [2.75, 3.05) is 20.7 Å². The Labute approximate surface area is 210 Å². The number of carbonyl (C=O) groups is 1. The number of hydrogen-bond donors (Lipinski definition) is 0. The maximum atomic E-state index is 13.7. The largest absolute Gasteiger partial charge is 0.496 e. The quantitative estimate of drug-likeness (QED) is 0.424. The summed E-state index contributed by atoms with van der Waals surface area (Å²) in [6, 6.07) is 9.11. The minimum absolute atomic E-state index is 0.0564. The second kappa shape index (κ2) is 10.2. The van der Waals surface area contributed by atoms with Gasteiger partial charge in [0.2, 0.25) is 0 Å². The predicted molar refractivity (Wildman–Crippen MR) is 136 cm³/mol. The van der Waals surface area contributed by atoms with Gasteiger partial charge in [0.05, 0.1) is 18.7 Å². The first-order valence-corrected chi connectivity index (χ1v) is 12.0. The number of carbonyl (C=O) groups excluding carboxylic acids is 1. The van der Waals surface area contributed by atoms with Gasteiger partial charge in [-0.3, -0.25) is 0 Å². The van der Waals surface area contributed by atoms with E-state index >= 15 is 0 Å². The van der Waals surface area contributed by atoms with E-state index in [1.165, 1.54) is 6.07 Å². The van der Waals surface area contributed by atoms with Gasteiger partial charge in [0.25, 0.3) is 0 Å². The summed E-state index contributed by atoms with van der Waals surface area (Å²) in [6.45, 7) is 4.56. The molecule has 0 N–H and O–H groups in total. The smallest absolute Gasteiger partial charge is 0.416 e. The summed E-state index contributed by atoms with van der Waals surface area (Å²) in [7, 11) is 3.28. The van der Waals surface area contributed by atoms with Crippen molar-refractivity contribution in [3.8, 4) is 16.9 Å². The lowest BCUT2D eigenvalue weighted by atomic mass is 9.92. The van der Waals surface area contributed by atoms with Crippen LogP contribution in [-0.4, -0.2) is 42.6 Å². The highest BCUT2D eigenvalue weighted by Gasteiger charge is 2.37. The Morgan fingerprint density at radius 1 is 1.08 bits per heavy atom. The van der Waals surface area contributed by atoms with Crippen molar-refractivity contribution < 1.29 is 22.7 Å². The normalized spacial score (nSPS) is 18.2. The van der Waals surface area contributed by atoms with Crippen LogP contribution in [0.3, 0.4) is 0 Å². The number of ether oxygens (including phenoxy) is 1. The van der Waals surface area contributed by atoms with Gasteiger partial charge in [-0.2, -0.15) is 13.2 Å². The summed E-state index contributed by atoms with van der Waals surface area (Å²) >= 11 is 0. The Balaban J connectivity index is 1.76. The number of rotatable bonds is 6. The molecule has 0 unspecified atom stereocenters. The number of hydrogen-bond acceptors (Lipinski definition) is 2. The molecule has 1 saturated heterocycles. The molecule has 2 amide bonds. The number of benzene rings is 2. The van der Waals surface area contributed by atoms with Gasteiger partial charge in [0.15, 0.2) is 0 Å². The Kier molecular flexibility index (Phi) is 7.29. The van der Waals surface area contributed by atoms with Crippen LogP contribution < -0.4 is 4.74 Å². The lowest BCUT2D eigenvalue weighted by molar-refractivity contribution is -0.137. The molecule has 1 atom stereocenters. The summed E-state index contributed by atoms with van der Waals surface area (Å²) in [5.41, 5.74) is 3.07. The van der Waals surface area contributed by atoms with Crippen molar-refractivity contribution in [1.82, 2.24) is 9.80 Å². The van der Waals surface area contributed by atoms with E-state index in [1.807, 2.05) is 48.6 Å². The maximum absolute atomic E-state index is 13.7. The van der Waals surface area contributed by atoms with Crippen LogP contribution in [0.15, 0.2) is 72.4 Å². The van der Waals surface area contributed by atoms with Gasteiger partial charge >= 0.3 is 12.2 Å². The fourth-order valence-corrected chi connectivity index (χ4v) is 4.71. The first-order valence-electron chi connectivity index (χ1n) is 12.0. The van der Waals surface area contributed by atoms with E-state index in [0.717, 1.165) is 29.7 Å². The lowest BCUT2D eigenvalue weighted by Gasteiger charge is -2.21. The fraction of sp³-hybridized carbons (Fsp3) is 0.345. The molecule has 0 bridgehead atoms. The number of halogens is 3. The lowest BCUT2D eigenvalue weighted by Crippen LogP contribution is -2.31. The molecule has 36 heavy (non-hydrogen) atoms. The minimum atomic E-state index is -4.49. The molecule has 0 spiro atoms. The zero-order valence-electron chi connectivity index (χ0n) is 21.0. The summed E-state index contributed by atoms with van der Waals surface area (Å²) in [5.74, 6) is 0.806. The van der Waals surface area contributed by atoms with Gasteiger partial charge in [-0.15, -0.1) is 0 Å². The van der Waals surface area contributed by atoms with E-state index in [4.69, 9.17) is 4.74 Å². The number of methoxy groups -OCH3 is 1. The van der Waals surface area contributed by atoms with Crippen molar-refractivity contribution in [2.45, 2.75) is 44.9 Å². The first kappa shape index (κ1) is 25.6. The van der Waals surface area contributed by atoms with Gasteiger partial charge in [-0.05, 0) is 58.9 Å². The second-order valence-electron chi connectivity index (χ2n) is 9.51. The van der Waals surface area contributed by atoms with Crippen molar-refractivity contribution in [2.24, 2.45) is 0 Å². The van der Waals surface area contributed by atoms with Gasteiger partial charge in [-0.25, -0.2) is 4.79 Å². The van der Waals surface area contributed by atoms with Crippen LogP contribution in [0.1, 0.15) is 42.9 Å². The summed E-state index contributed by atoms with van der Waals surface area (Å²) in [6.07, 6.45) is 6.36. The Morgan fingerprint density at radius 3 is 2.56 bits per heavy atom. The zero-order chi connectivity index (χ0) is 26.0. The monoisotopic (exact) mass is 496 g/mol. The highest BCUT2D eigenvalue weighted by Crippen LogP contribution is 2.39. The first-order chi connectivity index (χ1) is 17.1. The highest BCUT2D eigenvalue weighted by molar-refractivity contribution is 5.79. The Bertz CT molecular complexity index is 1230. The molecule has 2 aromatic rings. The van der Waals surface area contributed by atoms with Crippen molar-refractivity contribution in [3.05, 3.63) is 89.0 Å². The van der Waals surface area contributed by atoms with Gasteiger partial charge in [0.1, 0.15) is 5.75 Å². The minimum Gasteiger partial charge on any atom is -0.496 e. The van der Waals surface area contributed by atoms with E-state index in [9.17, 15) is 18.0 Å². The van der Waals surface area contributed by atoms with Crippen LogP contribution in [0, 0.1) is 0 Å². The molecule has 0 saturated carbocycles. The molecule has 1 aliphatic carbocycles. The van der Waals surface area contributed by atoms with Crippen LogP contribution in [-0.2, 0) is 12.7 Å². The van der Waals surface area contributed by atoms with Crippen molar-refractivity contribution in [1.29, 1.82) is 0 Å². The van der Waals surface area contributed by atoms with Crippen LogP contribution >= 0.6 is 0 Å². The van der Waals surface area contributed by atoms with Crippen LogP contribution in [0.2, 0.25) is 0 Å². The average Bonchev–Trinajstić information content (AvgIpc) is 3.02. The number of amides is 2. The highest BCUT2D eigenvalue weighted by atomic mass is 19.4. The zero-order valence-corrected chi connectivity index (χ0v) is 21.0. The van der Waals surface area contributed by atoms with E-state index < -0.39 is 11.7 Å². The van der Waals surface area contributed by atoms with Crippen molar-refractivity contribution >= 4 is 6.03 Å². The van der Waals surface area contributed by atoms with Crippen LogP contribution in [0.4, 0.5) is 18.0 Å². The van der Waals surface area contributed by atoms with Gasteiger partial charge in [0, 0.05) is 25.7 Å². The molecular formula is C29H31F3N2O2. The third-order valence-corrected chi connectivity index (χ3v) is 6.80. The third-order valence-electron chi connectivity index (χ3n) is 6.80. The number of nitrogens with zero attached hydrogens (tertiary/aromatic N) is 2. The van der Waals surface area contributed by atoms with E-state index in [1.54, 1.807) is 24.0 Å². The Hall–Kier alpha value is -3.48. The SMILES string of the molecule is COc1ccc(C(C)C)cc1-c1ccc(C(F)(F)F)cc1CN1C[C@@H](C2=CC=CCC=C2)N(C)C1=O. The molecule has 4 nitrogen and oxygen atoms in total. The van der Waals surface area contributed by atoms with Crippen molar-refractivity contribution in [3.63, 3.8) is 0 Å². The summed E-state index contributed by atoms with van der Waals surface area (Å²) in [4.78, 5) is 16.5. The molecule has 7 heteroatoms. The number of likely N-dealkylation sites (N-methyl/N-ethyl adjacent to an activating group) is 1. The average molecular weight is 497 g/mol. The van der Waals surface area contributed by atoms with Crippen LogP contribution in [0.5, 0.6) is 5.75 Å². The molecule has 1 heterocycles. The number of alkyl halides is 3. The molecule has 0 radical (unpaired) electrons. The van der Waals surface area contributed by atoms with Gasteiger partial charge in [-0.1, -0.05) is 56.4 Å². The molecule has 2 aromatic carbocycles. The van der Waals surface area contributed by atoms with Crippen LogP contribution in [0.25, 0.3) is 11.1 Å². The maximum Gasteiger partial charge on any atom is 0.416 e. The standard InChI is InChI=1S/C29H31F3N2O2/c1-19(2)21-11-14-27(36-4)25(16-21)24-13-12-23(29(30,31)32)15-22(24)17-34-18-26(33(3)28(34)35)20-9-7-5-6-8-10-20/h5,7-16,19,26H,6,17-18H2,1-4H3/t26-/m0/s1. The topological polar surface area (TPSA) is 32.8 Å². The molecule has 0 aromatic heterocycles. The molecule has 2 aliphatic rings. The molecule has 1 aliphatic heterocycles. The summed E-state index contributed by atoms with van der Waals surface area (Å²) in [5, 5.41) is 0. The van der Waals surface area contributed by atoms with E-state index in [2.05, 4.69) is 13.8 Å². The predicted octanol–water partition coefficient (Wildman–Crippen LogP) is 7.18. The number of allylic oxidation sites excluding steroid dienone is 4. The fourth-order valence-electron chi connectivity index (χ4n) is 4.71. The van der Waals surface area contributed by atoms with Gasteiger partial charge < -0.3 is 14.5 Å². The molecular weight excluding hydrogens is 465 g/mol. The third kappa shape index (κ3) is 5.20. The second-order valence-corrected chi connectivity index (χ2v) is 9.51. The number of urea groups is 1. The molecule has 1 fully saturated rings. The molecule has 4 rings (SSSR count).